The van der Waals surface area contributed by atoms with Gasteiger partial charge < -0.3 is 4.90 Å². The van der Waals surface area contributed by atoms with Crippen LogP contribution in [0.5, 0.6) is 0 Å². The van der Waals surface area contributed by atoms with E-state index < -0.39 is 0 Å². The molecule has 3 amide bonds. The van der Waals surface area contributed by atoms with Crippen LogP contribution in [0.15, 0.2) is 23.6 Å². The first-order chi connectivity index (χ1) is 8.09. The van der Waals surface area contributed by atoms with Crippen molar-refractivity contribution in [1.82, 2.24) is 19.8 Å². The number of hydrogen-bond donors (Lipinski definition) is 0. The fourth-order valence-electron chi connectivity index (χ4n) is 1.48. The summed E-state index contributed by atoms with van der Waals surface area (Å²) in [6.07, 6.45) is 3.55. The van der Waals surface area contributed by atoms with E-state index in [2.05, 4.69) is 9.97 Å². The molecule has 0 saturated carbocycles. The van der Waals surface area contributed by atoms with Gasteiger partial charge in [-0.15, -0.1) is 0 Å². The lowest BCUT2D eigenvalue weighted by Gasteiger charge is -2.35. The van der Waals surface area contributed by atoms with Crippen molar-refractivity contribution in [3.8, 4) is 0 Å². The Morgan fingerprint density at radius 3 is 2.59 bits per heavy atom. The molecule has 1 saturated heterocycles. The molecule has 1 aromatic rings. The first kappa shape index (κ1) is 11.8. The van der Waals surface area contributed by atoms with E-state index in [9.17, 15) is 9.59 Å². The van der Waals surface area contributed by atoms with Crippen LogP contribution in [0.2, 0.25) is 0 Å². The molecule has 1 unspecified atom stereocenters. The van der Waals surface area contributed by atoms with Gasteiger partial charge in [-0.3, -0.25) is 9.69 Å². The van der Waals surface area contributed by atoms with E-state index in [1.54, 1.807) is 25.5 Å². The summed E-state index contributed by atoms with van der Waals surface area (Å²) in [6, 6.07) is 1.42. The summed E-state index contributed by atoms with van der Waals surface area (Å²) in [5, 5.41) is 0.322. The molecule has 1 fully saturated rings. The average molecular weight is 252 g/mol. The van der Waals surface area contributed by atoms with Crippen LogP contribution in [-0.2, 0) is 4.79 Å². The monoisotopic (exact) mass is 252 g/mol. The van der Waals surface area contributed by atoms with Crippen molar-refractivity contribution in [2.45, 2.75) is 17.0 Å². The zero-order chi connectivity index (χ0) is 12.4. The molecule has 1 atom stereocenters. The largest absolute Gasteiger partial charge is 0.327 e. The lowest BCUT2D eigenvalue weighted by molar-refractivity contribution is -0.129. The third-order valence-corrected chi connectivity index (χ3v) is 3.70. The summed E-state index contributed by atoms with van der Waals surface area (Å²) in [5.74, 6) is -0.179. The smallest absolute Gasteiger partial charge is 0.314 e. The van der Waals surface area contributed by atoms with Crippen molar-refractivity contribution in [3.05, 3.63) is 18.5 Å². The number of carbonyl (C=O) groups excluding carboxylic acids is 2. The summed E-state index contributed by atoms with van der Waals surface area (Å²) < 4.78 is 0. The minimum absolute atomic E-state index is 0.179. The van der Waals surface area contributed by atoms with Crippen LogP contribution in [0.3, 0.4) is 0 Å². The van der Waals surface area contributed by atoms with Gasteiger partial charge in [0.25, 0.3) is 0 Å². The molecule has 2 heterocycles. The highest BCUT2D eigenvalue weighted by molar-refractivity contribution is 7.99. The highest BCUT2D eigenvalue weighted by atomic mass is 32.2. The summed E-state index contributed by atoms with van der Waals surface area (Å²) >= 11 is 1.32. The molecule has 2 rings (SSSR count). The topological polar surface area (TPSA) is 66.4 Å². The van der Waals surface area contributed by atoms with Crippen LogP contribution in [0.1, 0.15) is 6.42 Å². The Balaban J connectivity index is 2.12. The molecule has 17 heavy (non-hydrogen) atoms. The van der Waals surface area contributed by atoms with E-state index in [1.165, 1.54) is 23.7 Å². The molecule has 1 aliphatic heterocycles. The molecule has 90 valence electrons. The van der Waals surface area contributed by atoms with Crippen LogP contribution >= 0.6 is 11.8 Å². The molecule has 1 aromatic heterocycles. The van der Waals surface area contributed by atoms with Crippen molar-refractivity contribution >= 4 is 23.7 Å². The first-order valence-corrected chi connectivity index (χ1v) is 5.94. The van der Waals surface area contributed by atoms with Gasteiger partial charge >= 0.3 is 6.03 Å². The van der Waals surface area contributed by atoms with E-state index in [-0.39, 0.29) is 23.7 Å². The van der Waals surface area contributed by atoms with E-state index in [0.717, 1.165) is 4.90 Å². The Hall–Kier alpha value is -1.63. The third kappa shape index (κ3) is 2.38. The second-order valence-electron chi connectivity index (χ2n) is 3.65. The number of amides is 3. The van der Waals surface area contributed by atoms with Crippen LogP contribution in [0.25, 0.3) is 0 Å². The van der Waals surface area contributed by atoms with Crippen LogP contribution < -0.4 is 0 Å². The number of nitrogens with zero attached hydrogens (tertiary/aromatic N) is 4. The second kappa shape index (κ2) is 4.70. The average Bonchev–Trinajstić information content (AvgIpc) is 2.35. The van der Waals surface area contributed by atoms with Crippen molar-refractivity contribution in [1.29, 1.82) is 0 Å². The molecule has 0 spiro atoms. The maximum absolute atomic E-state index is 11.7. The zero-order valence-electron chi connectivity index (χ0n) is 9.53. The maximum Gasteiger partial charge on any atom is 0.327 e. The van der Waals surface area contributed by atoms with E-state index in [1.807, 2.05) is 0 Å². The molecule has 0 aliphatic carbocycles. The SMILES string of the molecule is CN1C(=O)CC(Sc2ncccn2)N(C)C1=O. The van der Waals surface area contributed by atoms with Gasteiger partial charge in [-0.25, -0.2) is 14.8 Å². The number of carbonyl (C=O) groups is 2. The number of thioether (sulfide) groups is 1. The number of hydrogen-bond acceptors (Lipinski definition) is 5. The number of urea groups is 1. The molecular weight excluding hydrogens is 240 g/mol. The molecule has 6 nitrogen and oxygen atoms in total. The predicted octanol–water partition coefficient (Wildman–Crippen LogP) is 0.809. The minimum Gasteiger partial charge on any atom is -0.314 e. The molecule has 0 N–H and O–H groups in total. The van der Waals surface area contributed by atoms with Crippen LogP contribution in [-0.4, -0.2) is 51.2 Å². The Kier molecular flexibility index (Phi) is 3.28. The summed E-state index contributed by atoms with van der Waals surface area (Å²) in [4.78, 5) is 34.1. The van der Waals surface area contributed by atoms with Crippen molar-refractivity contribution in [3.63, 3.8) is 0 Å². The molecular formula is C10H12N4O2S. The molecule has 1 aliphatic rings. The Bertz CT molecular complexity index is 439. The highest BCUT2D eigenvalue weighted by Gasteiger charge is 2.35. The van der Waals surface area contributed by atoms with Crippen molar-refractivity contribution in [2.75, 3.05) is 14.1 Å². The number of rotatable bonds is 2. The normalized spacial score (nSPS) is 20.9. The standard InChI is InChI=1S/C10H12N4O2S/c1-13-7(15)6-8(14(2)10(13)16)17-9-11-4-3-5-12-9/h3-5,8H,6H2,1-2H3. The molecule has 7 heteroatoms. The fraction of sp³-hybridized carbons (Fsp3) is 0.400. The Morgan fingerprint density at radius 2 is 1.94 bits per heavy atom. The molecule has 0 aromatic carbocycles. The minimum atomic E-state index is -0.297. The van der Waals surface area contributed by atoms with E-state index in [4.69, 9.17) is 0 Å². The van der Waals surface area contributed by atoms with E-state index in [0.29, 0.717) is 5.16 Å². The lowest BCUT2D eigenvalue weighted by Crippen LogP contribution is -2.52. The van der Waals surface area contributed by atoms with Gasteiger partial charge in [-0.05, 0) is 6.07 Å². The predicted molar refractivity (Wildman–Crippen MR) is 62.2 cm³/mol. The summed E-state index contributed by atoms with van der Waals surface area (Å²) in [6.45, 7) is 0. The van der Waals surface area contributed by atoms with Gasteiger partial charge in [0.2, 0.25) is 5.91 Å². The quantitative estimate of drug-likeness (QED) is 0.729. The van der Waals surface area contributed by atoms with Gasteiger partial charge in [0, 0.05) is 26.5 Å². The number of imide groups is 1. The first-order valence-electron chi connectivity index (χ1n) is 5.06. The van der Waals surface area contributed by atoms with Crippen molar-refractivity contribution < 1.29 is 9.59 Å². The lowest BCUT2D eigenvalue weighted by atomic mass is 10.3. The van der Waals surface area contributed by atoms with Gasteiger partial charge in [0.15, 0.2) is 5.16 Å². The Labute approximate surface area is 103 Å². The summed E-state index contributed by atoms with van der Waals surface area (Å²) in [5.41, 5.74) is 0. The second-order valence-corrected chi connectivity index (χ2v) is 4.80. The van der Waals surface area contributed by atoms with Crippen LogP contribution in [0.4, 0.5) is 4.79 Å². The third-order valence-electron chi connectivity index (χ3n) is 2.53. The van der Waals surface area contributed by atoms with Crippen molar-refractivity contribution in [2.24, 2.45) is 0 Å². The van der Waals surface area contributed by atoms with Gasteiger partial charge in [-0.1, -0.05) is 11.8 Å². The van der Waals surface area contributed by atoms with Crippen LogP contribution in [0, 0.1) is 0 Å². The maximum atomic E-state index is 11.7. The fourth-order valence-corrected chi connectivity index (χ4v) is 2.44. The number of aromatic nitrogens is 2. The van der Waals surface area contributed by atoms with Gasteiger partial charge in [0.1, 0.15) is 0 Å². The van der Waals surface area contributed by atoms with E-state index >= 15 is 0 Å². The summed E-state index contributed by atoms with van der Waals surface area (Å²) in [7, 11) is 3.16. The Morgan fingerprint density at radius 1 is 1.29 bits per heavy atom. The van der Waals surface area contributed by atoms with Gasteiger partial charge in [-0.2, -0.15) is 0 Å². The molecule has 0 radical (unpaired) electrons. The zero-order valence-corrected chi connectivity index (χ0v) is 10.3. The van der Waals surface area contributed by atoms with Gasteiger partial charge in [0.05, 0.1) is 11.8 Å². The molecule has 0 bridgehead atoms. The highest BCUT2D eigenvalue weighted by Crippen LogP contribution is 2.28.